The van der Waals surface area contributed by atoms with Gasteiger partial charge >= 0.3 is 0 Å². The molecular formula is C19H20N2O4S. The summed E-state index contributed by atoms with van der Waals surface area (Å²) in [6.45, 7) is 4.05. The van der Waals surface area contributed by atoms with E-state index in [2.05, 4.69) is 10.0 Å². The summed E-state index contributed by atoms with van der Waals surface area (Å²) in [7, 11) is -3.32. The highest BCUT2D eigenvalue weighted by Crippen LogP contribution is 2.25. The number of hydrogen-bond donors (Lipinski definition) is 2. The molecule has 2 N–H and O–H groups in total. The van der Waals surface area contributed by atoms with Crippen LogP contribution >= 0.6 is 0 Å². The van der Waals surface area contributed by atoms with Gasteiger partial charge in [-0.1, -0.05) is 0 Å². The molecule has 0 fully saturated rings. The second kappa shape index (κ2) is 6.84. The van der Waals surface area contributed by atoms with Crippen LogP contribution in [0.15, 0.2) is 47.1 Å². The van der Waals surface area contributed by atoms with E-state index >= 15 is 0 Å². The number of furan rings is 1. The van der Waals surface area contributed by atoms with Crippen molar-refractivity contribution in [2.24, 2.45) is 0 Å². The molecule has 0 saturated carbocycles. The molecular weight excluding hydrogens is 352 g/mol. The molecule has 0 saturated heterocycles. The minimum Gasteiger partial charge on any atom is -0.464 e. The maximum absolute atomic E-state index is 12.3. The van der Waals surface area contributed by atoms with Crippen LogP contribution in [0.5, 0.6) is 0 Å². The summed E-state index contributed by atoms with van der Waals surface area (Å²) in [6.07, 6.45) is 2.89. The molecule has 26 heavy (non-hydrogen) atoms. The van der Waals surface area contributed by atoms with Gasteiger partial charge in [0.25, 0.3) is 0 Å². The normalized spacial score (nSPS) is 11.5. The summed E-state index contributed by atoms with van der Waals surface area (Å²) >= 11 is 0. The van der Waals surface area contributed by atoms with Gasteiger partial charge in [0.05, 0.1) is 18.9 Å². The SMILES string of the molecule is Cc1cc2occ(CC(=O)Nc3ccc(NS(C)(=O)=O)cc3)c2cc1C. The number of anilines is 2. The second-order valence-corrected chi connectivity index (χ2v) is 8.12. The van der Waals surface area contributed by atoms with Crippen molar-refractivity contribution in [3.63, 3.8) is 0 Å². The van der Waals surface area contributed by atoms with Crippen LogP contribution in [0, 0.1) is 13.8 Å². The number of nitrogens with one attached hydrogen (secondary N) is 2. The molecule has 0 aliphatic heterocycles. The molecule has 6 nitrogen and oxygen atoms in total. The van der Waals surface area contributed by atoms with Gasteiger partial charge in [-0.05, 0) is 61.4 Å². The van der Waals surface area contributed by atoms with Crippen molar-refractivity contribution in [1.29, 1.82) is 0 Å². The third-order valence-electron chi connectivity index (χ3n) is 4.09. The van der Waals surface area contributed by atoms with Gasteiger partial charge in [-0.2, -0.15) is 0 Å². The number of fused-ring (bicyclic) bond motifs is 1. The second-order valence-electron chi connectivity index (χ2n) is 6.37. The zero-order valence-electron chi connectivity index (χ0n) is 14.8. The van der Waals surface area contributed by atoms with Gasteiger partial charge in [-0.15, -0.1) is 0 Å². The lowest BCUT2D eigenvalue weighted by molar-refractivity contribution is -0.115. The Bertz CT molecular complexity index is 1070. The van der Waals surface area contributed by atoms with Gasteiger partial charge in [-0.25, -0.2) is 8.42 Å². The van der Waals surface area contributed by atoms with E-state index in [9.17, 15) is 13.2 Å². The highest BCUT2D eigenvalue weighted by molar-refractivity contribution is 7.92. The van der Waals surface area contributed by atoms with Crippen LogP contribution < -0.4 is 10.0 Å². The maximum Gasteiger partial charge on any atom is 0.229 e. The molecule has 0 aliphatic rings. The molecule has 3 rings (SSSR count). The number of carbonyl (C=O) groups is 1. The standard InChI is InChI=1S/C19H20N2O4S/c1-12-8-17-14(11-25-18(17)9-13(12)2)10-19(22)20-15-4-6-16(7-5-15)21-26(3,23)24/h4-9,11,21H,10H2,1-3H3,(H,20,22). The summed E-state index contributed by atoms with van der Waals surface area (Å²) in [5.74, 6) is -0.172. The molecule has 136 valence electrons. The van der Waals surface area contributed by atoms with Crippen LogP contribution in [-0.4, -0.2) is 20.6 Å². The third kappa shape index (κ3) is 4.23. The number of hydrogen-bond acceptors (Lipinski definition) is 4. The van der Waals surface area contributed by atoms with E-state index in [-0.39, 0.29) is 12.3 Å². The van der Waals surface area contributed by atoms with Gasteiger partial charge in [0.2, 0.25) is 15.9 Å². The molecule has 0 aliphatic carbocycles. The Morgan fingerprint density at radius 1 is 1.04 bits per heavy atom. The first-order chi connectivity index (χ1) is 12.2. The van der Waals surface area contributed by atoms with Crippen LogP contribution in [0.4, 0.5) is 11.4 Å². The predicted octanol–water partition coefficient (Wildman–Crippen LogP) is 3.60. The first-order valence-corrected chi connectivity index (χ1v) is 9.95. The smallest absolute Gasteiger partial charge is 0.229 e. The minimum atomic E-state index is -3.32. The summed E-state index contributed by atoms with van der Waals surface area (Å²) in [6, 6.07) is 10.5. The Morgan fingerprint density at radius 3 is 2.31 bits per heavy atom. The molecule has 7 heteroatoms. The van der Waals surface area contributed by atoms with Gasteiger partial charge in [0, 0.05) is 22.3 Å². The van der Waals surface area contributed by atoms with E-state index in [4.69, 9.17) is 4.42 Å². The van der Waals surface area contributed by atoms with E-state index < -0.39 is 10.0 Å². The van der Waals surface area contributed by atoms with Crippen LogP contribution in [-0.2, 0) is 21.2 Å². The molecule has 1 aromatic heterocycles. The van der Waals surface area contributed by atoms with Crippen LogP contribution in [0.3, 0.4) is 0 Å². The van der Waals surface area contributed by atoms with Gasteiger partial charge in [-0.3, -0.25) is 9.52 Å². The highest BCUT2D eigenvalue weighted by atomic mass is 32.2. The van der Waals surface area contributed by atoms with Crippen LogP contribution in [0.1, 0.15) is 16.7 Å². The zero-order chi connectivity index (χ0) is 18.9. The number of rotatable bonds is 5. The zero-order valence-corrected chi connectivity index (χ0v) is 15.6. The van der Waals surface area contributed by atoms with Crippen molar-refractivity contribution in [2.45, 2.75) is 20.3 Å². The van der Waals surface area contributed by atoms with E-state index in [1.807, 2.05) is 26.0 Å². The lowest BCUT2D eigenvalue weighted by atomic mass is 10.0. The van der Waals surface area contributed by atoms with Gasteiger partial charge in [0.15, 0.2) is 0 Å². The molecule has 0 bridgehead atoms. The summed E-state index contributed by atoms with van der Waals surface area (Å²) in [5.41, 5.74) is 4.93. The Kier molecular flexibility index (Phi) is 4.73. The first kappa shape index (κ1) is 18.0. The van der Waals surface area contributed by atoms with Gasteiger partial charge < -0.3 is 9.73 Å². The summed E-state index contributed by atoms with van der Waals surface area (Å²) in [5, 5.41) is 3.74. The summed E-state index contributed by atoms with van der Waals surface area (Å²) in [4.78, 5) is 12.3. The van der Waals surface area contributed by atoms with E-state index in [0.29, 0.717) is 11.4 Å². The molecule has 0 unspecified atom stereocenters. The monoisotopic (exact) mass is 372 g/mol. The largest absolute Gasteiger partial charge is 0.464 e. The quantitative estimate of drug-likeness (QED) is 0.716. The maximum atomic E-state index is 12.3. The van der Waals surface area contributed by atoms with E-state index in [1.165, 1.54) is 0 Å². The first-order valence-electron chi connectivity index (χ1n) is 8.06. The van der Waals surface area contributed by atoms with Crippen molar-refractivity contribution >= 4 is 38.3 Å². The fraction of sp³-hybridized carbons (Fsp3) is 0.211. The number of benzene rings is 2. The Hall–Kier alpha value is -2.80. The lowest BCUT2D eigenvalue weighted by Gasteiger charge is -2.07. The molecule has 1 amide bonds. The van der Waals surface area contributed by atoms with Crippen molar-refractivity contribution in [3.05, 3.63) is 59.4 Å². The van der Waals surface area contributed by atoms with Crippen molar-refractivity contribution < 1.29 is 17.6 Å². The molecule has 3 aromatic rings. The van der Waals surface area contributed by atoms with Crippen molar-refractivity contribution in [2.75, 3.05) is 16.3 Å². The fourth-order valence-corrected chi connectivity index (χ4v) is 3.25. The molecule has 0 spiro atoms. The van der Waals surface area contributed by atoms with Crippen LogP contribution in [0.2, 0.25) is 0 Å². The average Bonchev–Trinajstić information content (AvgIpc) is 2.90. The minimum absolute atomic E-state index is 0.172. The Labute approximate surface area is 152 Å². The Morgan fingerprint density at radius 2 is 1.65 bits per heavy atom. The fourth-order valence-electron chi connectivity index (χ4n) is 2.69. The van der Waals surface area contributed by atoms with Gasteiger partial charge in [0.1, 0.15) is 5.58 Å². The number of sulfonamides is 1. The molecule has 2 aromatic carbocycles. The van der Waals surface area contributed by atoms with Crippen LogP contribution in [0.25, 0.3) is 11.0 Å². The topological polar surface area (TPSA) is 88.4 Å². The summed E-state index contributed by atoms with van der Waals surface area (Å²) < 4.78 is 30.3. The Balaban J connectivity index is 1.70. The third-order valence-corrected chi connectivity index (χ3v) is 4.70. The molecule has 0 atom stereocenters. The van der Waals surface area contributed by atoms with E-state index in [0.717, 1.165) is 33.9 Å². The van der Waals surface area contributed by atoms with Crippen molar-refractivity contribution in [3.8, 4) is 0 Å². The molecule has 0 radical (unpaired) electrons. The number of amides is 1. The molecule has 1 heterocycles. The van der Waals surface area contributed by atoms with Crippen molar-refractivity contribution in [1.82, 2.24) is 0 Å². The number of carbonyl (C=O) groups excluding carboxylic acids is 1. The lowest BCUT2D eigenvalue weighted by Crippen LogP contribution is -2.14. The average molecular weight is 372 g/mol. The van der Waals surface area contributed by atoms with E-state index in [1.54, 1.807) is 30.5 Å². The highest BCUT2D eigenvalue weighted by Gasteiger charge is 2.12. The predicted molar refractivity (Wildman–Crippen MR) is 103 cm³/mol. The number of aryl methyl sites for hydroxylation is 2.